The van der Waals surface area contributed by atoms with Gasteiger partial charge in [0.25, 0.3) is 0 Å². The highest BCUT2D eigenvalue weighted by Crippen LogP contribution is 2.11. The standard InChI is InChI=1S/C13H20N2O/c1-14-8-9-16-11-13(14)15(2)10-12-6-4-3-5-7-12/h3-7,13H,8-11H2,1-2H3. The Hall–Kier alpha value is -0.900. The third kappa shape index (κ3) is 2.82. The molecule has 0 radical (unpaired) electrons. The van der Waals surface area contributed by atoms with Crippen molar-refractivity contribution in [2.24, 2.45) is 0 Å². The maximum atomic E-state index is 5.53. The van der Waals surface area contributed by atoms with Crippen molar-refractivity contribution < 1.29 is 4.74 Å². The fourth-order valence-electron chi connectivity index (χ4n) is 2.11. The van der Waals surface area contributed by atoms with E-state index in [1.807, 2.05) is 0 Å². The van der Waals surface area contributed by atoms with Crippen LogP contribution in [0, 0.1) is 0 Å². The van der Waals surface area contributed by atoms with Crippen LogP contribution in [0.2, 0.25) is 0 Å². The second-order valence-corrected chi connectivity index (χ2v) is 4.44. The van der Waals surface area contributed by atoms with E-state index in [0.29, 0.717) is 6.17 Å². The average Bonchev–Trinajstić information content (AvgIpc) is 2.31. The molecule has 1 atom stereocenters. The van der Waals surface area contributed by atoms with Crippen LogP contribution >= 0.6 is 0 Å². The normalized spacial score (nSPS) is 22.6. The summed E-state index contributed by atoms with van der Waals surface area (Å²) in [4.78, 5) is 4.70. The van der Waals surface area contributed by atoms with E-state index in [4.69, 9.17) is 4.74 Å². The monoisotopic (exact) mass is 220 g/mol. The smallest absolute Gasteiger partial charge is 0.0862 e. The topological polar surface area (TPSA) is 15.7 Å². The molecule has 16 heavy (non-hydrogen) atoms. The van der Waals surface area contributed by atoms with Gasteiger partial charge in [-0.2, -0.15) is 0 Å². The van der Waals surface area contributed by atoms with Gasteiger partial charge in [-0.3, -0.25) is 9.80 Å². The molecule has 1 heterocycles. The van der Waals surface area contributed by atoms with Gasteiger partial charge in [0.1, 0.15) is 0 Å². The zero-order chi connectivity index (χ0) is 11.4. The zero-order valence-electron chi connectivity index (χ0n) is 10.1. The molecule has 2 rings (SSSR count). The molecule has 0 N–H and O–H groups in total. The Bertz CT molecular complexity index is 315. The highest BCUT2D eigenvalue weighted by Gasteiger charge is 2.23. The second-order valence-electron chi connectivity index (χ2n) is 4.44. The largest absolute Gasteiger partial charge is 0.377 e. The van der Waals surface area contributed by atoms with Crippen LogP contribution in [0.25, 0.3) is 0 Å². The molecule has 1 unspecified atom stereocenters. The summed E-state index contributed by atoms with van der Waals surface area (Å²) >= 11 is 0. The molecule has 1 fully saturated rings. The predicted molar refractivity (Wildman–Crippen MR) is 65.1 cm³/mol. The van der Waals surface area contributed by atoms with Crippen molar-refractivity contribution in [3.8, 4) is 0 Å². The molecule has 1 aliphatic heterocycles. The van der Waals surface area contributed by atoms with Crippen LogP contribution < -0.4 is 0 Å². The van der Waals surface area contributed by atoms with E-state index in [1.165, 1.54) is 5.56 Å². The molecular weight excluding hydrogens is 200 g/mol. The van der Waals surface area contributed by atoms with Gasteiger partial charge in [-0.25, -0.2) is 0 Å². The lowest BCUT2D eigenvalue weighted by Gasteiger charge is -2.38. The zero-order valence-corrected chi connectivity index (χ0v) is 10.1. The van der Waals surface area contributed by atoms with Crippen molar-refractivity contribution in [2.45, 2.75) is 12.7 Å². The van der Waals surface area contributed by atoms with E-state index < -0.39 is 0 Å². The molecule has 0 spiro atoms. The van der Waals surface area contributed by atoms with Crippen LogP contribution in [0.15, 0.2) is 30.3 Å². The summed E-state index contributed by atoms with van der Waals surface area (Å²) in [5.74, 6) is 0. The fraction of sp³-hybridized carbons (Fsp3) is 0.538. The van der Waals surface area contributed by atoms with Gasteiger partial charge < -0.3 is 4.74 Å². The SMILES string of the molecule is CN1CCOCC1N(C)Cc1ccccc1. The van der Waals surface area contributed by atoms with Crippen LogP contribution in [-0.4, -0.2) is 49.8 Å². The highest BCUT2D eigenvalue weighted by atomic mass is 16.5. The number of rotatable bonds is 3. The van der Waals surface area contributed by atoms with Gasteiger partial charge in [0.15, 0.2) is 0 Å². The Morgan fingerprint density at radius 3 is 2.81 bits per heavy atom. The van der Waals surface area contributed by atoms with Gasteiger partial charge in [-0.1, -0.05) is 30.3 Å². The number of nitrogens with zero attached hydrogens (tertiary/aromatic N) is 2. The van der Waals surface area contributed by atoms with Gasteiger partial charge in [-0.05, 0) is 19.7 Å². The quantitative estimate of drug-likeness (QED) is 0.766. The summed E-state index contributed by atoms with van der Waals surface area (Å²) in [7, 11) is 4.32. The first-order valence-corrected chi connectivity index (χ1v) is 5.79. The van der Waals surface area contributed by atoms with E-state index in [9.17, 15) is 0 Å². The summed E-state index contributed by atoms with van der Waals surface area (Å²) in [6.07, 6.45) is 0.397. The Morgan fingerprint density at radius 2 is 2.12 bits per heavy atom. The Morgan fingerprint density at radius 1 is 1.38 bits per heavy atom. The van der Waals surface area contributed by atoms with Crippen LogP contribution in [0.3, 0.4) is 0 Å². The molecule has 0 aliphatic carbocycles. The Labute approximate surface area is 97.6 Å². The maximum absolute atomic E-state index is 5.53. The number of hydrogen-bond acceptors (Lipinski definition) is 3. The van der Waals surface area contributed by atoms with E-state index in [1.54, 1.807) is 0 Å². The summed E-state index contributed by atoms with van der Waals surface area (Å²) < 4.78 is 5.53. The lowest BCUT2D eigenvalue weighted by atomic mass is 10.2. The molecule has 0 aromatic heterocycles. The lowest BCUT2D eigenvalue weighted by molar-refractivity contribution is -0.0585. The first-order valence-electron chi connectivity index (χ1n) is 5.79. The first-order chi connectivity index (χ1) is 7.77. The van der Waals surface area contributed by atoms with E-state index in [2.05, 4.69) is 54.2 Å². The molecule has 0 bridgehead atoms. The van der Waals surface area contributed by atoms with Gasteiger partial charge in [0.05, 0.1) is 19.4 Å². The highest BCUT2D eigenvalue weighted by molar-refractivity contribution is 5.14. The molecule has 1 aliphatic rings. The van der Waals surface area contributed by atoms with Crippen molar-refractivity contribution in [1.82, 2.24) is 9.80 Å². The summed E-state index contributed by atoms with van der Waals surface area (Å²) in [6.45, 7) is 3.65. The molecule has 3 nitrogen and oxygen atoms in total. The molecule has 1 aromatic carbocycles. The summed E-state index contributed by atoms with van der Waals surface area (Å²) in [5.41, 5.74) is 1.35. The van der Waals surface area contributed by atoms with Crippen LogP contribution in [0.5, 0.6) is 0 Å². The third-order valence-electron chi connectivity index (χ3n) is 3.15. The predicted octanol–water partition coefficient (Wildman–Crippen LogP) is 1.41. The molecule has 0 amide bonds. The maximum Gasteiger partial charge on any atom is 0.0862 e. The number of likely N-dealkylation sites (N-methyl/N-ethyl adjacent to an activating group) is 2. The number of ether oxygens (including phenoxy) is 1. The Kier molecular flexibility index (Phi) is 3.93. The minimum Gasteiger partial charge on any atom is -0.377 e. The van der Waals surface area contributed by atoms with Crippen molar-refractivity contribution in [3.63, 3.8) is 0 Å². The summed E-state index contributed by atoms with van der Waals surface area (Å²) in [6, 6.07) is 10.6. The fourth-order valence-corrected chi connectivity index (χ4v) is 2.11. The average molecular weight is 220 g/mol. The van der Waals surface area contributed by atoms with Crippen LogP contribution in [-0.2, 0) is 11.3 Å². The number of benzene rings is 1. The van der Waals surface area contributed by atoms with Crippen molar-refractivity contribution in [3.05, 3.63) is 35.9 Å². The van der Waals surface area contributed by atoms with Gasteiger partial charge in [0, 0.05) is 13.1 Å². The number of hydrogen-bond donors (Lipinski definition) is 0. The second kappa shape index (κ2) is 5.43. The molecule has 3 heteroatoms. The minimum atomic E-state index is 0.397. The Balaban J connectivity index is 1.94. The summed E-state index contributed by atoms with van der Waals surface area (Å²) in [5, 5.41) is 0. The molecular formula is C13H20N2O. The van der Waals surface area contributed by atoms with Gasteiger partial charge in [0.2, 0.25) is 0 Å². The molecule has 1 aromatic rings. The minimum absolute atomic E-state index is 0.397. The van der Waals surface area contributed by atoms with Crippen molar-refractivity contribution in [2.75, 3.05) is 33.9 Å². The van der Waals surface area contributed by atoms with Crippen LogP contribution in [0.1, 0.15) is 5.56 Å². The van der Waals surface area contributed by atoms with Crippen molar-refractivity contribution >= 4 is 0 Å². The molecule has 88 valence electrons. The number of morpholine rings is 1. The van der Waals surface area contributed by atoms with Crippen molar-refractivity contribution in [1.29, 1.82) is 0 Å². The van der Waals surface area contributed by atoms with Crippen LogP contribution in [0.4, 0.5) is 0 Å². The van der Waals surface area contributed by atoms with Gasteiger partial charge >= 0.3 is 0 Å². The first kappa shape index (κ1) is 11.6. The molecule has 1 saturated heterocycles. The third-order valence-corrected chi connectivity index (χ3v) is 3.15. The lowest BCUT2D eigenvalue weighted by Crippen LogP contribution is -2.51. The van der Waals surface area contributed by atoms with E-state index in [-0.39, 0.29) is 0 Å². The van der Waals surface area contributed by atoms with E-state index in [0.717, 1.165) is 26.3 Å². The molecule has 0 saturated carbocycles. The van der Waals surface area contributed by atoms with E-state index >= 15 is 0 Å². The van der Waals surface area contributed by atoms with Gasteiger partial charge in [-0.15, -0.1) is 0 Å².